The molecule has 0 saturated carbocycles. The summed E-state index contributed by atoms with van der Waals surface area (Å²) in [6.07, 6.45) is 0. The maximum atomic E-state index is 13.0. The van der Waals surface area contributed by atoms with Gasteiger partial charge < -0.3 is 14.5 Å². The Hall–Kier alpha value is -3.88. The quantitative estimate of drug-likeness (QED) is 0.423. The Balaban J connectivity index is 1.38. The number of hydrogen-bond donors (Lipinski definition) is 0. The fourth-order valence-corrected chi connectivity index (χ4v) is 4.19. The van der Waals surface area contributed by atoms with Crippen molar-refractivity contribution in [3.8, 4) is 5.75 Å². The molecule has 9 nitrogen and oxygen atoms in total. The Bertz CT molecular complexity index is 1160. The van der Waals surface area contributed by atoms with Gasteiger partial charge in [-0.1, -0.05) is 18.2 Å². The number of ether oxygens (including phenoxy) is 1. The van der Waals surface area contributed by atoms with Crippen LogP contribution in [0.1, 0.15) is 27.3 Å². The fraction of sp³-hybridized carbons (Fsp3) is 0.333. The number of amides is 1. The minimum Gasteiger partial charge on any atom is -0.497 e. The molecule has 1 aromatic heterocycles. The van der Waals surface area contributed by atoms with Crippen molar-refractivity contribution >= 4 is 17.3 Å². The summed E-state index contributed by atoms with van der Waals surface area (Å²) < 4.78 is 6.93. The van der Waals surface area contributed by atoms with Crippen LogP contribution in [-0.4, -0.2) is 58.8 Å². The van der Waals surface area contributed by atoms with Crippen LogP contribution < -0.4 is 9.64 Å². The second kappa shape index (κ2) is 9.32. The van der Waals surface area contributed by atoms with E-state index in [-0.39, 0.29) is 11.6 Å². The van der Waals surface area contributed by atoms with Crippen molar-refractivity contribution in [1.82, 2.24) is 14.7 Å². The van der Waals surface area contributed by atoms with E-state index in [0.29, 0.717) is 36.6 Å². The summed E-state index contributed by atoms with van der Waals surface area (Å²) in [5.41, 5.74) is 3.62. The summed E-state index contributed by atoms with van der Waals surface area (Å²) >= 11 is 0. The third kappa shape index (κ3) is 4.67. The predicted molar refractivity (Wildman–Crippen MR) is 125 cm³/mol. The van der Waals surface area contributed by atoms with Crippen molar-refractivity contribution in [3.05, 3.63) is 81.2 Å². The molecule has 4 rings (SSSR count). The largest absolute Gasteiger partial charge is 0.497 e. The molecule has 2 heterocycles. The number of nitrogens with zero attached hydrogens (tertiary/aromatic N) is 5. The van der Waals surface area contributed by atoms with E-state index in [1.54, 1.807) is 25.6 Å². The lowest BCUT2D eigenvalue weighted by Gasteiger charge is -2.36. The standard InChI is InChI=1S/C24H27N5O4/c1-17-23(29(31)32)18(2)28(25-17)16-19-7-9-20(10-8-19)24(30)27-13-11-26(12-14-27)21-5-4-6-22(15-21)33-3/h4-10,15H,11-14,16H2,1-3H3. The number of hydrogen-bond acceptors (Lipinski definition) is 6. The molecule has 0 aliphatic carbocycles. The van der Waals surface area contributed by atoms with Gasteiger partial charge in [0.15, 0.2) is 0 Å². The van der Waals surface area contributed by atoms with Gasteiger partial charge in [-0.2, -0.15) is 5.10 Å². The molecule has 1 fully saturated rings. The number of nitro groups is 1. The van der Waals surface area contributed by atoms with Crippen LogP contribution in [-0.2, 0) is 6.54 Å². The molecule has 172 valence electrons. The molecule has 0 bridgehead atoms. The van der Waals surface area contributed by atoms with Crippen LogP contribution >= 0.6 is 0 Å². The van der Waals surface area contributed by atoms with Crippen LogP contribution in [0.15, 0.2) is 48.5 Å². The number of methoxy groups -OCH3 is 1. The SMILES string of the molecule is COc1cccc(N2CCN(C(=O)c3ccc(Cn4nc(C)c([N+](=O)[O-])c4C)cc3)CC2)c1. The minimum absolute atomic E-state index is 0.00796. The van der Waals surface area contributed by atoms with Gasteiger partial charge in [0, 0.05) is 43.5 Å². The van der Waals surface area contributed by atoms with E-state index < -0.39 is 4.92 Å². The third-order valence-electron chi connectivity index (χ3n) is 6.04. The first-order valence-electron chi connectivity index (χ1n) is 10.8. The number of aryl methyl sites for hydroxylation is 1. The number of aromatic nitrogens is 2. The second-order valence-electron chi connectivity index (χ2n) is 8.11. The number of rotatable bonds is 6. The number of benzene rings is 2. The molecule has 1 aliphatic heterocycles. The van der Waals surface area contributed by atoms with Crippen LogP contribution in [0, 0.1) is 24.0 Å². The fourth-order valence-electron chi connectivity index (χ4n) is 4.19. The highest BCUT2D eigenvalue weighted by molar-refractivity contribution is 5.94. The van der Waals surface area contributed by atoms with Crippen LogP contribution in [0.4, 0.5) is 11.4 Å². The van der Waals surface area contributed by atoms with Gasteiger partial charge in [-0.3, -0.25) is 19.6 Å². The lowest BCUT2D eigenvalue weighted by Crippen LogP contribution is -2.48. The zero-order chi connectivity index (χ0) is 23.5. The van der Waals surface area contributed by atoms with Crippen LogP contribution in [0.3, 0.4) is 0 Å². The van der Waals surface area contributed by atoms with Crippen molar-refractivity contribution in [2.45, 2.75) is 20.4 Å². The first-order valence-corrected chi connectivity index (χ1v) is 10.8. The highest BCUT2D eigenvalue weighted by Gasteiger charge is 2.24. The van der Waals surface area contributed by atoms with Crippen LogP contribution in [0.5, 0.6) is 5.75 Å². The predicted octanol–water partition coefficient (Wildman–Crippen LogP) is 3.43. The molecule has 33 heavy (non-hydrogen) atoms. The van der Waals surface area contributed by atoms with Crippen LogP contribution in [0.2, 0.25) is 0 Å². The highest BCUT2D eigenvalue weighted by atomic mass is 16.6. The van der Waals surface area contributed by atoms with Crippen molar-refractivity contribution in [1.29, 1.82) is 0 Å². The molecule has 0 unspecified atom stereocenters. The molecule has 1 aliphatic rings. The maximum Gasteiger partial charge on any atom is 0.312 e. The normalized spacial score (nSPS) is 13.8. The summed E-state index contributed by atoms with van der Waals surface area (Å²) in [4.78, 5) is 27.9. The highest BCUT2D eigenvalue weighted by Crippen LogP contribution is 2.24. The third-order valence-corrected chi connectivity index (χ3v) is 6.04. The zero-order valence-electron chi connectivity index (χ0n) is 19.0. The van der Waals surface area contributed by atoms with Gasteiger partial charge in [-0.05, 0) is 43.7 Å². The summed E-state index contributed by atoms with van der Waals surface area (Å²) in [7, 11) is 1.65. The van der Waals surface area contributed by atoms with Gasteiger partial charge in [0.05, 0.1) is 18.6 Å². The van der Waals surface area contributed by atoms with Gasteiger partial charge in [0.1, 0.15) is 17.1 Å². The number of piperazine rings is 1. The van der Waals surface area contributed by atoms with Crippen molar-refractivity contribution < 1.29 is 14.5 Å². The van der Waals surface area contributed by atoms with Crippen molar-refractivity contribution in [3.63, 3.8) is 0 Å². The molecule has 1 saturated heterocycles. The van der Waals surface area contributed by atoms with E-state index in [9.17, 15) is 14.9 Å². The Morgan fingerprint density at radius 1 is 1.09 bits per heavy atom. The van der Waals surface area contributed by atoms with E-state index in [1.807, 2.05) is 47.4 Å². The Morgan fingerprint density at radius 2 is 1.79 bits per heavy atom. The van der Waals surface area contributed by atoms with Crippen molar-refractivity contribution in [2.75, 3.05) is 38.2 Å². The van der Waals surface area contributed by atoms with Gasteiger partial charge >= 0.3 is 5.69 Å². The van der Waals surface area contributed by atoms with Gasteiger partial charge in [0.25, 0.3) is 5.91 Å². The molecule has 0 N–H and O–H groups in total. The molecule has 1 amide bonds. The Morgan fingerprint density at radius 3 is 2.39 bits per heavy atom. The molecular formula is C24H27N5O4. The molecule has 2 aromatic carbocycles. The molecule has 0 spiro atoms. The zero-order valence-corrected chi connectivity index (χ0v) is 19.0. The number of carbonyl (C=O) groups is 1. The van der Waals surface area contributed by atoms with E-state index in [0.717, 1.165) is 30.1 Å². The van der Waals surface area contributed by atoms with Crippen molar-refractivity contribution in [2.24, 2.45) is 0 Å². The summed E-state index contributed by atoms with van der Waals surface area (Å²) in [6, 6.07) is 15.3. The lowest BCUT2D eigenvalue weighted by molar-refractivity contribution is -0.386. The lowest BCUT2D eigenvalue weighted by atomic mass is 10.1. The van der Waals surface area contributed by atoms with E-state index >= 15 is 0 Å². The van der Waals surface area contributed by atoms with E-state index in [1.165, 1.54) is 0 Å². The molecule has 0 atom stereocenters. The smallest absolute Gasteiger partial charge is 0.312 e. The van der Waals surface area contributed by atoms with Gasteiger partial charge in [-0.25, -0.2) is 0 Å². The second-order valence-corrected chi connectivity index (χ2v) is 8.11. The Kier molecular flexibility index (Phi) is 6.30. The van der Waals surface area contributed by atoms with E-state index in [2.05, 4.69) is 16.1 Å². The maximum absolute atomic E-state index is 13.0. The summed E-state index contributed by atoms with van der Waals surface area (Å²) in [6.45, 7) is 6.55. The average Bonchev–Trinajstić information content (AvgIpc) is 3.12. The van der Waals surface area contributed by atoms with E-state index in [4.69, 9.17) is 4.74 Å². The molecular weight excluding hydrogens is 422 g/mol. The van der Waals surface area contributed by atoms with Gasteiger partial charge in [-0.15, -0.1) is 0 Å². The average molecular weight is 450 g/mol. The first-order chi connectivity index (χ1) is 15.9. The molecule has 3 aromatic rings. The summed E-state index contributed by atoms with van der Waals surface area (Å²) in [5, 5.41) is 15.5. The monoisotopic (exact) mass is 449 g/mol. The summed E-state index contributed by atoms with van der Waals surface area (Å²) in [5.74, 6) is 0.828. The van der Waals surface area contributed by atoms with Gasteiger partial charge in [0.2, 0.25) is 0 Å². The van der Waals surface area contributed by atoms with Crippen LogP contribution in [0.25, 0.3) is 0 Å². The molecule has 9 heteroatoms. The topological polar surface area (TPSA) is 93.7 Å². The number of anilines is 1. The Labute approximate surface area is 192 Å². The first kappa shape index (κ1) is 22.3. The minimum atomic E-state index is -0.399. The molecule has 0 radical (unpaired) electrons. The number of carbonyl (C=O) groups excluding carboxylic acids is 1.